The van der Waals surface area contributed by atoms with E-state index in [1.807, 2.05) is 6.20 Å². The zero-order valence-corrected chi connectivity index (χ0v) is 5.58. The SMILES string of the molecule is CC(C)=C(C)C1=CN1. The van der Waals surface area contributed by atoms with Crippen LogP contribution in [0.4, 0.5) is 0 Å². The van der Waals surface area contributed by atoms with Crippen LogP contribution in [0.25, 0.3) is 0 Å². The van der Waals surface area contributed by atoms with E-state index in [0.717, 1.165) is 0 Å². The molecule has 0 fully saturated rings. The van der Waals surface area contributed by atoms with Crippen LogP contribution in [0, 0.1) is 0 Å². The van der Waals surface area contributed by atoms with Gasteiger partial charge < -0.3 is 5.32 Å². The van der Waals surface area contributed by atoms with Crippen molar-refractivity contribution in [2.45, 2.75) is 20.8 Å². The lowest BCUT2D eigenvalue weighted by molar-refractivity contribution is 1.21. The standard InChI is InChI=1S/C7H11N/c1-5(2)6(3)7-4-8-7/h4,8H,1-3H3. The van der Waals surface area contributed by atoms with E-state index in [4.69, 9.17) is 0 Å². The lowest BCUT2D eigenvalue weighted by Gasteiger charge is -1.93. The summed E-state index contributed by atoms with van der Waals surface area (Å²) in [6.07, 6.45) is 2.02. The van der Waals surface area contributed by atoms with Gasteiger partial charge in [-0.3, -0.25) is 0 Å². The van der Waals surface area contributed by atoms with Gasteiger partial charge in [-0.1, -0.05) is 5.57 Å². The first-order chi connectivity index (χ1) is 3.72. The molecule has 1 heterocycles. The maximum atomic E-state index is 3.05. The Kier molecular flexibility index (Phi) is 1.12. The number of hydrogen-bond acceptors (Lipinski definition) is 1. The van der Waals surface area contributed by atoms with Crippen LogP contribution < -0.4 is 5.32 Å². The average molecular weight is 109 g/mol. The molecule has 0 unspecified atom stereocenters. The van der Waals surface area contributed by atoms with E-state index in [2.05, 4.69) is 26.1 Å². The van der Waals surface area contributed by atoms with E-state index in [9.17, 15) is 0 Å². The van der Waals surface area contributed by atoms with Crippen LogP contribution >= 0.6 is 0 Å². The van der Waals surface area contributed by atoms with Gasteiger partial charge in [0.25, 0.3) is 0 Å². The first kappa shape index (κ1) is 5.42. The van der Waals surface area contributed by atoms with Gasteiger partial charge in [0.1, 0.15) is 0 Å². The van der Waals surface area contributed by atoms with Gasteiger partial charge in [0.2, 0.25) is 0 Å². The number of nitrogens with one attached hydrogen (secondary N) is 1. The molecule has 0 bridgehead atoms. The molecule has 0 saturated heterocycles. The van der Waals surface area contributed by atoms with Crippen molar-refractivity contribution in [1.82, 2.24) is 5.32 Å². The van der Waals surface area contributed by atoms with E-state index in [-0.39, 0.29) is 0 Å². The summed E-state index contributed by atoms with van der Waals surface area (Å²) in [7, 11) is 0. The van der Waals surface area contributed by atoms with Crippen LogP contribution in [0.3, 0.4) is 0 Å². The number of hydrogen-bond donors (Lipinski definition) is 1. The summed E-state index contributed by atoms with van der Waals surface area (Å²) >= 11 is 0. The average Bonchev–Trinajstić information content (AvgIpc) is 2.43. The topological polar surface area (TPSA) is 21.9 Å². The fraction of sp³-hybridized carbons (Fsp3) is 0.429. The second kappa shape index (κ2) is 1.66. The highest BCUT2D eigenvalue weighted by molar-refractivity contribution is 5.39. The second-order valence-corrected chi connectivity index (χ2v) is 2.33. The van der Waals surface area contributed by atoms with Crippen LogP contribution in [0.5, 0.6) is 0 Å². The predicted octanol–water partition coefficient (Wildman–Crippen LogP) is 1.79. The molecule has 0 aromatic carbocycles. The molecular weight excluding hydrogens is 98.1 g/mol. The second-order valence-electron chi connectivity index (χ2n) is 2.33. The maximum Gasteiger partial charge on any atom is 0.0572 e. The molecule has 1 heteroatoms. The summed E-state index contributed by atoms with van der Waals surface area (Å²) in [5.74, 6) is 0. The lowest BCUT2D eigenvalue weighted by Crippen LogP contribution is -1.82. The van der Waals surface area contributed by atoms with Crippen molar-refractivity contribution >= 4 is 0 Å². The molecule has 0 radical (unpaired) electrons. The third-order valence-corrected chi connectivity index (χ3v) is 1.44. The Bertz CT molecular complexity index is 159. The van der Waals surface area contributed by atoms with Crippen molar-refractivity contribution in [1.29, 1.82) is 0 Å². The first-order valence-electron chi connectivity index (χ1n) is 2.83. The van der Waals surface area contributed by atoms with E-state index < -0.39 is 0 Å². The highest BCUT2D eigenvalue weighted by Crippen LogP contribution is 2.16. The molecule has 0 atom stereocenters. The van der Waals surface area contributed by atoms with Gasteiger partial charge in [0.05, 0.1) is 5.70 Å². The lowest BCUT2D eigenvalue weighted by atomic mass is 10.2. The zero-order valence-electron chi connectivity index (χ0n) is 5.58. The number of allylic oxidation sites excluding steroid dienone is 2. The molecule has 8 heavy (non-hydrogen) atoms. The van der Waals surface area contributed by atoms with Crippen molar-refractivity contribution < 1.29 is 0 Å². The molecule has 0 aromatic rings. The highest BCUT2D eigenvalue weighted by atomic mass is 15.0. The summed E-state index contributed by atoms with van der Waals surface area (Å²) in [6, 6.07) is 0. The molecule has 0 spiro atoms. The van der Waals surface area contributed by atoms with Gasteiger partial charge in [-0.05, 0) is 26.3 Å². The third-order valence-electron chi connectivity index (χ3n) is 1.44. The first-order valence-corrected chi connectivity index (χ1v) is 2.83. The summed E-state index contributed by atoms with van der Waals surface area (Å²) in [6.45, 7) is 6.37. The van der Waals surface area contributed by atoms with Gasteiger partial charge in [-0.25, -0.2) is 0 Å². The highest BCUT2D eigenvalue weighted by Gasteiger charge is 2.07. The van der Waals surface area contributed by atoms with Crippen LogP contribution in [-0.2, 0) is 0 Å². The summed E-state index contributed by atoms with van der Waals surface area (Å²) in [4.78, 5) is 0. The molecule has 0 aromatic heterocycles. The Morgan fingerprint density at radius 3 is 2.00 bits per heavy atom. The minimum Gasteiger partial charge on any atom is -0.358 e. The molecule has 0 saturated carbocycles. The minimum absolute atomic E-state index is 1.30. The molecule has 1 rings (SSSR count). The van der Waals surface area contributed by atoms with Crippen LogP contribution in [0.2, 0.25) is 0 Å². The van der Waals surface area contributed by atoms with Gasteiger partial charge in [-0.2, -0.15) is 0 Å². The van der Waals surface area contributed by atoms with Crippen molar-refractivity contribution in [2.24, 2.45) is 0 Å². The summed E-state index contributed by atoms with van der Waals surface area (Å²) in [5.41, 5.74) is 4.07. The molecule has 1 N–H and O–H groups in total. The van der Waals surface area contributed by atoms with E-state index in [1.165, 1.54) is 16.8 Å². The molecule has 0 amide bonds. The molecule has 44 valence electrons. The largest absolute Gasteiger partial charge is 0.358 e. The van der Waals surface area contributed by atoms with Gasteiger partial charge in [0, 0.05) is 6.20 Å². The van der Waals surface area contributed by atoms with Crippen molar-refractivity contribution in [3.8, 4) is 0 Å². The maximum absolute atomic E-state index is 3.05. The number of rotatable bonds is 1. The van der Waals surface area contributed by atoms with Crippen LogP contribution in [0.1, 0.15) is 20.8 Å². The monoisotopic (exact) mass is 109 g/mol. The fourth-order valence-corrected chi connectivity index (χ4v) is 0.522. The molecular formula is C7H11N. The fourth-order valence-electron chi connectivity index (χ4n) is 0.522. The molecule has 1 aliphatic heterocycles. The van der Waals surface area contributed by atoms with E-state index in [0.29, 0.717) is 0 Å². The van der Waals surface area contributed by atoms with E-state index in [1.54, 1.807) is 0 Å². The summed E-state index contributed by atoms with van der Waals surface area (Å²) in [5, 5.41) is 3.05. The Morgan fingerprint density at radius 1 is 1.38 bits per heavy atom. The summed E-state index contributed by atoms with van der Waals surface area (Å²) < 4.78 is 0. The third kappa shape index (κ3) is 0.915. The zero-order chi connectivity index (χ0) is 6.15. The van der Waals surface area contributed by atoms with E-state index >= 15 is 0 Å². The molecule has 1 aliphatic rings. The smallest absolute Gasteiger partial charge is 0.0572 e. The van der Waals surface area contributed by atoms with Gasteiger partial charge in [-0.15, -0.1) is 0 Å². The Hall–Kier alpha value is -0.720. The Morgan fingerprint density at radius 2 is 1.88 bits per heavy atom. The van der Waals surface area contributed by atoms with Crippen molar-refractivity contribution in [3.63, 3.8) is 0 Å². The minimum atomic E-state index is 1.30. The van der Waals surface area contributed by atoms with Crippen LogP contribution in [-0.4, -0.2) is 0 Å². The van der Waals surface area contributed by atoms with Gasteiger partial charge >= 0.3 is 0 Å². The Labute approximate surface area is 50.1 Å². The van der Waals surface area contributed by atoms with Crippen LogP contribution in [0.15, 0.2) is 23.0 Å². The Balaban J connectivity index is 2.69. The quantitative estimate of drug-likeness (QED) is 0.544. The van der Waals surface area contributed by atoms with Crippen molar-refractivity contribution in [2.75, 3.05) is 0 Å². The van der Waals surface area contributed by atoms with Crippen molar-refractivity contribution in [3.05, 3.63) is 23.0 Å². The van der Waals surface area contributed by atoms with Gasteiger partial charge in [0.15, 0.2) is 0 Å². The molecule has 1 nitrogen and oxygen atoms in total. The predicted molar refractivity (Wildman–Crippen MR) is 35.3 cm³/mol. The molecule has 0 aliphatic carbocycles. The normalized spacial score (nSPS) is 14.1.